The van der Waals surface area contributed by atoms with Gasteiger partial charge in [0.25, 0.3) is 5.56 Å². The van der Waals surface area contributed by atoms with Gasteiger partial charge in [-0.15, -0.1) is 0 Å². The third-order valence-electron chi connectivity index (χ3n) is 6.53. The van der Waals surface area contributed by atoms with Crippen molar-refractivity contribution in [3.05, 3.63) is 87.8 Å². The number of fused-ring (bicyclic) bond motifs is 1. The van der Waals surface area contributed by atoms with E-state index in [-0.39, 0.29) is 23.8 Å². The molecule has 0 spiro atoms. The van der Waals surface area contributed by atoms with Crippen LogP contribution in [0, 0.1) is 6.92 Å². The Morgan fingerprint density at radius 3 is 2.54 bits per heavy atom. The van der Waals surface area contributed by atoms with Gasteiger partial charge in [0.1, 0.15) is 11.4 Å². The quantitative estimate of drug-likeness (QED) is 0.393. The first-order chi connectivity index (χ1) is 16.9. The molecule has 7 nitrogen and oxygen atoms in total. The average Bonchev–Trinajstić information content (AvgIpc) is 3.33. The summed E-state index contributed by atoms with van der Waals surface area (Å²) >= 11 is 0. The van der Waals surface area contributed by atoms with Crippen molar-refractivity contribution in [3.8, 4) is 17.0 Å². The number of ether oxygens (including phenoxy) is 1. The summed E-state index contributed by atoms with van der Waals surface area (Å²) in [4.78, 5) is 26.0. The predicted molar refractivity (Wildman–Crippen MR) is 138 cm³/mol. The molecule has 7 heteroatoms. The number of methoxy groups -OCH3 is 1. The fraction of sp³-hybridized carbons (Fsp3) is 0.321. The molecular formula is C28H32N4O3. The Labute approximate surface area is 205 Å². The Hall–Kier alpha value is -3.87. The fourth-order valence-corrected chi connectivity index (χ4v) is 4.50. The van der Waals surface area contributed by atoms with Crippen molar-refractivity contribution < 1.29 is 9.53 Å². The number of rotatable bonds is 9. The van der Waals surface area contributed by atoms with Crippen molar-refractivity contribution in [3.63, 3.8) is 0 Å². The monoisotopic (exact) mass is 472 g/mol. The van der Waals surface area contributed by atoms with Gasteiger partial charge in [0.05, 0.1) is 12.8 Å². The second-order valence-electron chi connectivity index (χ2n) is 8.73. The van der Waals surface area contributed by atoms with Crippen LogP contribution in [0.2, 0.25) is 0 Å². The average molecular weight is 473 g/mol. The zero-order chi connectivity index (χ0) is 24.9. The van der Waals surface area contributed by atoms with E-state index >= 15 is 0 Å². The summed E-state index contributed by atoms with van der Waals surface area (Å²) in [6.45, 7) is 7.30. The number of nitrogens with one attached hydrogen (secondary N) is 1. The molecule has 0 aliphatic heterocycles. The molecule has 4 rings (SSSR count). The highest BCUT2D eigenvalue weighted by Crippen LogP contribution is 2.29. The smallest absolute Gasteiger partial charge is 0.277 e. The van der Waals surface area contributed by atoms with Crippen LogP contribution in [0.15, 0.2) is 65.5 Å². The normalized spacial score (nSPS) is 12.0. The van der Waals surface area contributed by atoms with Gasteiger partial charge in [-0.1, -0.05) is 49.4 Å². The Kier molecular flexibility index (Phi) is 7.34. The summed E-state index contributed by atoms with van der Waals surface area (Å²) in [6, 6.07) is 19.6. The lowest BCUT2D eigenvalue weighted by Gasteiger charge is -2.15. The Morgan fingerprint density at radius 2 is 1.83 bits per heavy atom. The lowest BCUT2D eigenvalue weighted by Crippen LogP contribution is -2.30. The van der Waals surface area contributed by atoms with E-state index in [1.54, 1.807) is 7.11 Å². The minimum Gasteiger partial charge on any atom is -0.496 e. The maximum atomic E-state index is 13.4. The molecule has 2 heterocycles. The third-order valence-corrected chi connectivity index (χ3v) is 6.53. The topological polar surface area (TPSA) is 77.6 Å². The number of benzene rings is 2. The third kappa shape index (κ3) is 4.99. The van der Waals surface area contributed by atoms with Crippen molar-refractivity contribution in [2.75, 3.05) is 13.7 Å². The molecule has 0 radical (unpaired) electrons. The van der Waals surface area contributed by atoms with Gasteiger partial charge < -0.3 is 14.6 Å². The van der Waals surface area contributed by atoms with Gasteiger partial charge >= 0.3 is 0 Å². The summed E-state index contributed by atoms with van der Waals surface area (Å²) < 4.78 is 9.00. The van der Waals surface area contributed by atoms with Crippen molar-refractivity contribution >= 4 is 11.6 Å². The van der Waals surface area contributed by atoms with Gasteiger partial charge in [-0.3, -0.25) is 9.59 Å². The molecule has 1 N–H and O–H groups in total. The molecule has 35 heavy (non-hydrogen) atoms. The van der Waals surface area contributed by atoms with Gasteiger partial charge in [0.15, 0.2) is 0 Å². The van der Waals surface area contributed by atoms with E-state index in [0.29, 0.717) is 36.5 Å². The summed E-state index contributed by atoms with van der Waals surface area (Å²) in [5, 5.41) is 7.63. The minimum atomic E-state index is -0.186. The summed E-state index contributed by atoms with van der Waals surface area (Å²) in [6.07, 6.45) is 0.601. The molecule has 2 aromatic carbocycles. The molecule has 4 aromatic rings. The Bertz CT molecular complexity index is 1390. The van der Waals surface area contributed by atoms with E-state index in [0.717, 1.165) is 16.9 Å². The van der Waals surface area contributed by atoms with Crippen LogP contribution >= 0.6 is 0 Å². The lowest BCUT2D eigenvalue weighted by molar-refractivity contribution is -0.121. The van der Waals surface area contributed by atoms with E-state index in [2.05, 4.69) is 34.0 Å². The van der Waals surface area contributed by atoms with Crippen LogP contribution in [0.3, 0.4) is 0 Å². The molecule has 2 aromatic heterocycles. The standard InChI is InChI=1S/C28H32N4O3/c1-5-31-20(3)22(15-16-26(33)29-18-19(2)21-11-7-6-8-12-21)28(34)32-27(31)17-24(30-32)23-13-9-10-14-25(23)35-4/h6-14,17,19H,5,15-16,18H2,1-4H3,(H,29,33). The first-order valence-electron chi connectivity index (χ1n) is 12.0. The van der Waals surface area contributed by atoms with Crippen molar-refractivity contribution in [1.29, 1.82) is 0 Å². The van der Waals surface area contributed by atoms with Crippen LogP contribution in [0.5, 0.6) is 5.75 Å². The van der Waals surface area contributed by atoms with E-state index in [1.165, 1.54) is 10.1 Å². The van der Waals surface area contributed by atoms with Crippen LogP contribution in [-0.4, -0.2) is 33.7 Å². The van der Waals surface area contributed by atoms with Crippen molar-refractivity contribution in [1.82, 2.24) is 19.5 Å². The molecule has 0 bridgehead atoms. The van der Waals surface area contributed by atoms with E-state index in [9.17, 15) is 9.59 Å². The van der Waals surface area contributed by atoms with Crippen molar-refractivity contribution in [2.24, 2.45) is 0 Å². The van der Waals surface area contributed by atoms with Crippen LogP contribution in [-0.2, 0) is 17.8 Å². The molecule has 0 fully saturated rings. The molecule has 1 amide bonds. The Morgan fingerprint density at radius 1 is 1.11 bits per heavy atom. The van der Waals surface area contributed by atoms with Gasteiger partial charge in [-0.25, -0.2) is 0 Å². The number of aromatic nitrogens is 3. The van der Waals surface area contributed by atoms with Crippen LogP contribution in [0.1, 0.15) is 43.0 Å². The SMILES string of the molecule is CCn1c(C)c(CCC(=O)NCC(C)c2ccccc2)c(=O)n2nc(-c3ccccc3OC)cc12. The maximum Gasteiger partial charge on any atom is 0.277 e. The van der Waals surface area contributed by atoms with Crippen molar-refractivity contribution in [2.45, 2.75) is 46.1 Å². The second kappa shape index (κ2) is 10.6. The number of para-hydroxylation sites is 1. The predicted octanol–water partition coefficient (Wildman–Crippen LogP) is 4.35. The molecule has 1 atom stereocenters. The molecule has 0 saturated heterocycles. The molecule has 0 aliphatic rings. The summed E-state index contributed by atoms with van der Waals surface area (Å²) in [5.41, 5.74) is 4.69. The molecule has 182 valence electrons. The number of carbonyl (C=O) groups is 1. The van der Waals surface area contributed by atoms with Gasteiger partial charge in [0, 0.05) is 42.4 Å². The van der Waals surface area contributed by atoms with Crippen LogP contribution in [0.4, 0.5) is 0 Å². The first kappa shape index (κ1) is 24.3. The van der Waals surface area contributed by atoms with E-state index < -0.39 is 0 Å². The molecule has 1 unspecified atom stereocenters. The maximum absolute atomic E-state index is 13.4. The fourth-order valence-electron chi connectivity index (χ4n) is 4.50. The van der Waals surface area contributed by atoms with Crippen LogP contribution < -0.4 is 15.6 Å². The molecular weight excluding hydrogens is 440 g/mol. The zero-order valence-corrected chi connectivity index (χ0v) is 20.7. The van der Waals surface area contributed by atoms with E-state index in [1.807, 2.05) is 62.4 Å². The largest absolute Gasteiger partial charge is 0.496 e. The van der Waals surface area contributed by atoms with E-state index in [4.69, 9.17) is 4.74 Å². The highest BCUT2D eigenvalue weighted by Gasteiger charge is 2.19. The zero-order valence-electron chi connectivity index (χ0n) is 20.7. The molecule has 0 saturated carbocycles. The number of hydrogen-bond donors (Lipinski definition) is 1. The summed E-state index contributed by atoms with van der Waals surface area (Å²) in [7, 11) is 1.62. The number of aryl methyl sites for hydroxylation is 1. The van der Waals surface area contributed by atoms with Gasteiger partial charge in [0.2, 0.25) is 5.91 Å². The van der Waals surface area contributed by atoms with Gasteiger partial charge in [-0.05, 0) is 43.9 Å². The first-order valence-corrected chi connectivity index (χ1v) is 12.0. The highest BCUT2D eigenvalue weighted by molar-refractivity contribution is 5.76. The second-order valence-corrected chi connectivity index (χ2v) is 8.73. The number of amides is 1. The minimum absolute atomic E-state index is 0.0649. The Balaban J connectivity index is 1.56. The number of nitrogens with zero attached hydrogens (tertiary/aromatic N) is 3. The lowest BCUT2D eigenvalue weighted by atomic mass is 10.0. The highest BCUT2D eigenvalue weighted by atomic mass is 16.5. The number of carbonyl (C=O) groups excluding carboxylic acids is 1. The summed E-state index contributed by atoms with van der Waals surface area (Å²) in [5.74, 6) is 0.850. The van der Waals surface area contributed by atoms with Crippen LogP contribution in [0.25, 0.3) is 16.9 Å². The molecule has 0 aliphatic carbocycles. The number of hydrogen-bond acceptors (Lipinski definition) is 4. The van der Waals surface area contributed by atoms with Gasteiger partial charge in [-0.2, -0.15) is 9.61 Å².